The van der Waals surface area contributed by atoms with Crippen LogP contribution in [0.2, 0.25) is 0 Å². The fourth-order valence-corrected chi connectivity index (χ4v) is 4.00. The summed E-state index contributed by atoms with van der Waals surface area (Å²) in [7, 11) is 1.56. The molecule has 0 bridgehead atoms. The lowest BCUT2D eigenvalue weighted by Crippen LogP contribution is -2.30. The number of likely N-dealkylation sites (tertiary alicyclic amines) is 1. The van der Waals surface area contributed by atoms with Gasteiger partial charge in [0.15, 0.2) is 17.0 Å². The highest BCUT2D eigenvalue weighted by molar-refractivity contribution is 5.84. The highest BCUT2D eigenvalue weighted by atomic mass is 16.5. The fourth-order valence-electron chi connectivity index (χ4n) is 4.00. The number of imidazole rings is 1. The number of nitrogens with zero attached hydrogens (tertiary/aromatic N) is 5. The molecule has 4 N–H and O–H groups in total. The second-order valence-electron chi connectivity index (χ2n) is 8.58. The molecular formula is C24H31N7O5. The smallest absolute Gasteiger partial charge is 0.320 e. The zero-order chi connectivity index (χ0) is 25.5. The molecule has 192 valence electrons. The second-order valence-corrected chi connectivity index (χ2v) is 8.58. The highest BCUT2D eigenvalue weighted by Crippen LogP contribution is 2.25. The van der Waals surface area contributed by atoms with Gasteiger partial charge in [0, 0.05) is 39.6 Å². The van der Waals surface area contributed by atoms with Crippen LogP contribution in [-0.2, 0) is 27.4 Å². The molecular weight excluding hydrogens is 466 g/mol. The number of amides is 2. The first-order chi connectivity index (χ1) is 17.4. The zero-order valence-electron chi connectivity index (χ0n) is 20.3. The Morgan fingerprint density at radius 1 is 1.06 bits per heavy atom. The quantitative estimate of drug-likeness (QED) is 0.331. The van der Waals surface area contributed by atoms with Gasteiger partial charge in [0.25, 0.3) is 6.01 Å². The topological polar surface area (TPSA) is 158 Å². The van der Waals surface area contributed by atoms with Crippen LogP contribution in [0.3, 0.4) is 0 Å². The molecule has 2 amide bonds. The first-order valence-electron chi connectivity index (χ1n) is 11.9. The molecule has 1 fully saturated rings. The summed E-state index contributed by atoms with van der Waals surface area (Å²) in [6.07, 6.45) is 2.50. The Labute approximate surface area is 208 Å². The van der Waals surface area contributed by atoms with Gasteiger partial charge in [-0.1, -0.05) is 24.3 Å². The average Bonchev–Trinajstić information content (AvgIpc) is 3.52. The maximum absolute atomic E-state index is 12.2. The Kier molecular flexibility index (Phi) is 8.16. The summed E-state index contributed by atoms with van der Waals surface area (Å²) in [5.74, 6) is -0.000111. The molecule has 1 aliphatic heterocycles. The number of carbonyl (C=O) groups is 2. The van der Waals surface area contributed by atoms with Crippen molar-refractivity contribution in [1.29, 1.82) is 0 Å². The molecule has 2 aromatic heterocycles. The van der Waals surface area contributed by atoms with Crippen LogP contribution in [0.15, 0.2) is 24.3 Å². The summed E-state index contributed by atoms with van der Waals surface area (Å²) < 4.78 is 11.9. The summed E-state index contributed by atoms with van der Waals surface area (Å²) >= 11 is 0. The van der Waals surface area contributed by atoms with E-state index >= 15 is 0 Å². The van der Waals surface area contributed by atoms with Crippen molar-refractivity contribution in [2.45, 2.75) is 38.8 Å². The maximum atomic E-state index is 12.2. The molecule has 1 saturated heterocycles. The van der Waals surface area contributed by atoms with Gasteiger partial charge in [0.2, 0.25) is 11.8 Å². The first-order valence-corrected chi connectivity index (χ1v) is 11.9. The highest BCUT2D eigenvalue weighted by Gasteiger charge is 2.19. The van der Waals surface area contributed by atoms with Crippen LogP contribution in [0, 0.1) is 0 Å². The number of nitrogen functional groups attached to an aromatic ring is 1. The third-order valence-electron chi connectivity index (χ3n) is 5.98. The van der Waals surface area contributed by atoms with E-state index in [1.54, 1.807) is 7.11 Å². The summed E-state index contributed by atoms with van der Waals surface area (Å²) in [5.41, 5.74) is 8.42. The molecule has 4 rings (SSSR count). The van der Waals surface area contributed by atoms with Crippen molar-refractivity contribution in [2.75, 3.05) is 39.1 Å². The van der Waals surface area contributed by atoms with Crippen molar-refractivity contribution in [3.63, 3.8) is 0 Å². The van der Waals surface area contributed by atoms with Gasteiger partial charge >= 0.3 is 6.01 Å². The molecule has 3 heterocycles. The normalized spacial score (nSPS) is 13.3. The number of aromatic hydroxyl groups is 1. The molecule has 0 unspecified atom stereocenters. The zero-order valence-corrected chi connectivity index (χ0v) is 20.3. The van der Waals surface area contributed by atoms with E-state index in [0.29, 0.717) is 25.3 Å². The van der Waals surface area contributed by atoms with Gasteiger partial charge in [-0.05, 0) is 24.0 Å². The van der Waals surface area contributed by atoms with Gasteiger partial charge in [0.05, 0.1) is 13.2 Å². The van der Waals surface area contributed by atoms with E-state index in [1.165, 1.54) is 4.57 Å². The SMILES string of the molecule is COCCOc1nc(N)c2nc(O)n(Cc3ccc(CNC(=O)CCC(=O)N4CCCC4)cc3)c2n1. The predicted molar refractivity (Wildman–Crippen MR) is 131 cm³/mol. The predicted octanol–water partition coefficient (Wildman–Crippen LogP) is 1.21. The Hall–Kier alpha value is -3.93. The largest absolute Gasteiger partial charge is 0.480 e. The number of aromatic nitrogens is 4. The first kappa shape index (κ1) is 25.2. The lowest BCUT2D eigenvalue weighted by Gasteiger charge is -2.14. The number of benzene rings is 1. The number of nitrogens with one attached hydrogen (secondary N) is 1. The molecule has 36 heavy (non-hydrogen) atoms. The van der Waals surface area contributed by atoms with Gasteiger partial charge in [-0.25, -0.2) is 0 Å². The Morgan fingerprint density at radius 2 is 1.78 bits per heavy atom. The number of nitrogens with two attached hydrogens (primary N) is 1. The van der Waals surface area contributed by atoms with Crippen LogP contribution in [0.25, 0.3) is 11.2 Å². The number of hydrogen-bond donors (Lipinski definition) is 3. The minimum absolute atomic E-state index is 0.0444. The van der Waals surface area contributed by atoms with Gasteiger partial charge in [0.1, 0.15) is 6.61 Å². The van der Waals surface area contributed by atoms with E-state index in [9.17, 15) is 14.7 Å². The van der Waals surface area contributed by atoms with Gasteiger partial charge < -0.3 is 30.5 Å². The van der Waals surface area contributed by atoms with Crippen molar-refractivity contribution >= 4 is 28.8 Å². The number of carbonyl (C=O) groups excluding carboxylic acids is 2. The molecule has 3 aromatic rings. The number of fused-ring (bicyclic) bond motifs is 1. The van der Waals surface area contributed by atoms with Gasteiger partial charge in [-0.2, -0.15) is 15.0 Å². The third kappa shape index (κ3) is 6.19. The van der Waals surface area contributed by atoms with Gasteiger partial charge in [-0.3, -0.25) is 14.2 Å². The Bertz CT molecular complexity index is 1210. The van der Waals surface area contributed by atoms with Crippen LogP contribution < -0.4 is 15.8 Å². The number of hydrogen-bond acceptors (Lipinski definition) is 9. The summed E-state index contributed by atoms with van der Waals surface area (Å²) in [4.78, 5) is 38.6. The Morgan fingerprint density at radius 3 is 2.50 bits per heavy atom. The number of rotatable bonds is 11. The van der Waals surface area contributed by atoms with E-state index < -0.39 is 0 Å². The van der Waals surface area contributed by atoms with Crippen LogP contribution in [0.4, 0.5) is 5.82 Å². The molecule has 0 spiro atoms. The molecule has 12 heteroatoms. The molecule has 1 aromatic carbocycles. The fraction of sp³-hybridized carbons (Fsp3) is 0.458. The van der Waals surface area contributed by atoms with E-state index in [0.717, 1.165) is 37.1 Å². The molecule has 1 aliphatic rings. The third-order valence-corrected chi connectivity index (χ3v) is 5.98. The van der Waals surface area contributed by atoms with Crippen molar-refractivity contribution < 1.29 is 24.2 Å². The molecule has 12 nitrogen and oxygen atoms in total. The maximum Gasteiger partial charge on any atom is 0.320 e. The summed E-state index contributed by atoms with van der Waals surface area (Å²) in [6, 6.07) is 7.41. The van der Waals surface area contributed by atoms with E-state index in [-0.39, 0.29) is 54.6 Å². The lowest BCUT2D eigenvalue weighted by molar-refractivity contribution is -0.132. The summed E-state index contributed by atoms with van der Waals surface area (Å²) in [5, 5.41) is 13.2. The number of methoxy groups -OCH3 is 1. The Balaban J connectivity index is 1.34. The molecule has 0 aliphatic carbocycles. The number of anilines is 1. The van der Waals surface area contributed by atoms with Crippen molar-refractivity contribution in [3.8, 4) is 12.0 Å². The van der Waals surface area contributed by atoms with Crippen LogP contribution >= 0.6 is 0 Å². The summed E-state index contributed by atoms with van der Waals surface area (Å²) in [6.45, 7) is 2.87. The van der Waals surface area contributed by atoms with Crippen molar-refractivity contribution in [2.24, 2.45) is 0 Å². The minimum Gasteiger partial charge on any atom is -0.480 e. The molecule has 0 radical (unpaired) electrons. The standard InChI is InChI=1S/C24H31N7O5/c1-35-12-13-36-23-28-21(25)20-22(29-23)31(24(34)27-20)15-17-6-4-16(5-7-17)14-26-18(32)8-9-19(33)30-10-2-3-11-30/h4-7H,2-3,8-15H2,1H3,(H,26,32)(H,27,34)(H2,25,28,29). The monoisotopic (exact) mass is 497 g/mol. The van der Waals surface area contributed by atoms with Crippen molar-refractivity contribution in [1.82, 2.24) is 29.7 Å². The van der Waals surface area contributed by atoms with Crippen LogP contribution in [-0.4, -0.2) is 74.8 Å². The van der Waals surface area contributed by atoms with Crippen molar-refractivity contribution in [3.05, 3.63) is 35.4 Å². The van der Waals surface area contributed by atoms with Gasteiger partial charge in [-0.15, -0.1) is 0 Å². The average molecular weight is 498 g/mol. The van der Waals surface area contributed by atoms with E-state index in [4.69, 9.17) is 15.2 Å². The minimum atomic E-state index is -0.236. The number of ether oxygens (including phenoxy) is 2. The van der Waals surface area contributed by atoms with E-state index in [2.05, 4.69) is 20.3 Å². The molecule has 0 saturated carbocycles. The van der Waals surface area contributed by atoms with E-state index in [1.807, 2.05) is 29.2 Å². The molecule has 0 atom stereocenters. The lowest BCUT2D eigenvalue weighted by atomic mass is 10.1. The second kappa shape index (κ2) is 11.7. The van der Waals surface area contributed by atoms with Crippen LogP contribution in [0.1, 0.15) is 36.8 Å². The van der Waals surface area contributed by atoms with Crippen LogP contribution in [0.5, 0.6) is 12.0 Å².